The van der Waals surface area contributed by atoms with Gasteiger partial charge in [-0.25, -0.2) is 4.79 Å². The Morgan fingerprint density at radius 2 is 1.81 bits per heavy atom. The van der Waals surface area contributed by atoms with Crippen LogP contribution in [0.4, 0.5) is 4.79 Å². The van der Waals surface area contributed by atoms with Gasteiger partial charge in [-0.3, -0.25) is 9.69 Å². The van der Waals surface area contributed by atoms with Crippen LogP contribution in [0.1, 0.15) is 16.1 Å². The maximum Gasteiger partial charge on any atom is 0.317 e. The number of nitrogens with one attached hydrogen (secondary N) is 1. The number of rotatable bonds is 5. The number of hydrogen-bond acceptors (Lipinski definition) is 5. The second kappa shape index (κ2) is 10.6. The number of urea groups is 1. The van der Waals surface area contributed by atoms with Crippen LogP contribution in [0.5, 0.6) is 0 Å². The van der Waals surface area contributed by atoms with Crippen LogP contribution in [-0.4, -0.2) is 85.2 Å². The first kappa shape index (κ1) is 22.9. The highest BCUT2D eigenvalue weighted by molar-refractivity contribution is 6.42. The minimum Gasteiger partial charge on any atom is -0.459 e. The molecule has 2 fully saturated rings. The SMILES string of the molecule is O=C(NCC1CN(Cc2ccc(Cl)c(Cl)c2)CCO1)N1CCN(C(=O)c2ccco2)CC1. The zero-order valence-corrected chi connectivity index (χ0v) is 19.1. The Morgan fingerprint density at radius 3 is 2.53 bits per heavy atom. The zero-order valence-electron chi connectivity index (χ0n) is 17.6. The van der Waals surface area contributed by atoms with Crippen LogP contribution in [0, 0.1) is 0 Å². The van der Waals surface area contributed by atoms with Crippen molar-refractivity contribution in [2.45, 2.75) is 12.6 Å². The molecule has 1 aromatic heterocycles. The highest BCUT2D eigenvalue weighted by Gasteiger charge is 2.27. The monoisotopic (exact) mass is 480 g/mol. The Balaban J connectivity index is 1.20. The Bertz CT molecular complexity index is 932. The molecule has 1 unspecified atom stereocenters. The molecule has 0 bridgehead atoms. The van der Waals surface area contributed by atoms with E-state index in [1.165, 1.54) is 6.26 Å². The average Bonchev–Trinajstić information content (AvgIpc) is 3.35. The molecule has 0 radical (unpaired) electrons. The maximum atomic E-state index is 12.6. The summed E-state index contributed by atoms with van der Waals surface area (Å²) in [5.74, 6) is 0.176. The van der Waals surface area contributed by atoms with Gasteiger partial charge in [0, 0.05) is 52.4 Å². The summed E-state index contributed by atoms with van der Waals surface area (Å²) in [6.45, 7) is 5.23. The molecule has 8 nitrogen and oxygen atoms in total. The zero-order chi connectivity index (χ0) is 22.5. The van der Waals surface area contributed by atoms with Gasteiger partial charge in [0.05, 0.1) is 29.0 Å². The highest BCUT2D eigenvalue weighted by Crippen LogP contribution is 2.23. The lowest BCUT2D eigenvalue weighted by Crippen LogP contribution is -2.55. The molecule has 0 aliphatic carbocycles. The van der Waals surface area contributed by atoms with E-state index < -0.39 is 0 Å². The lowest BCUT2D eigenvalue weighted by Gasteiger charge is -2.36. The Kier molecular flexibility index (Phi) is 7.57. The summed E-state index contributed by atoms with van der Waals surface area (Å²) in [6.07, 6.45) is 1.40. The molecule has 1 atom stereocenters. The van der Waals surface area contributed by atoms with Crippen LogP contribution in [0.25, 0.3) is 0 Å². The van der Waals surface area contributed by atoms with Crippen LogP contribution in [-0.2, 0) is 11.3 Å². The van der Waals surface area contributed by atoms with Crippen LogP contribution in [0.2, 0.25) is 10.0 Å². The molecule has 1 N–H and O–H groups in total. The molecule has 2 aliphatic heterocycles. The van der Waals surface area contributed by atoms with Crippen molar-refractivity contribution < 1.29 is 18.7 Å². The number of nitrogens with zero attached hydrogens (tertiary/aromatic N) is 3. The second-order valence-electron chi connectivity index (χ2n) is 7.92. The number of benzene rings is 1. The molecule has 32 heavy (non-hydrogen) atoms. The summed E-state index contributed by atoms with van der Waals surface area (Å²) in [4.78, 5) is 30.6. The Labute approximate surface area is 197 Å². The smallest absolute Gasteiger partial charge is 0.317 e. The summed E-state index contributed by atoms with van der Waals surface area (Å²) in [5.41, 5.74) is 1.09. The third kappa shape index (κ3) is 5.75. The van der Waals surface area contributed by atoms with Gasteiger partial charge in [0.15, 0.2) is 5.76 Å². The van der Waals surface area contributed by atoms with E-state index in [0.29, 0.717) is 61.7 Å². The van der Waals surface area contributed by atoms with Crippen molar-refractivity contribution in [1.82, 2.24) is 20.0 Å². The standard InChI is InChI=1S/C22H26Cl2N4O4/c23-18-4-3-16(12-19(18)24)14-26-9-11-31-17(15-26)13-25-22(30)28-7-5-27(6-8-28)21(29)20-2-1-10-32-20/h1-4,10,12,17H,5-9,11,13-15H2,(H,25,30). The predicted molar refractivity (Wildman–Crippen MR) is 121 cm³/mol. The summed E-state index contributed by atoms with van der Waals surface area (Å²) in [7, 11) is 0. The number of piperazine rings is 1. The molecule has 3 amide bonds. The van der Waals surface area contributed by atoms with E-state index in [0.717, 1.165) is 18.7 Å². The Morgan fingerprint density at radius 1 is 1.03 bits per heavy atom. The number of carbonyl (C=O) groups excluding carboxylic acids is 2. The van der Waals surface area contributed by atoms with Gasteiger partial charge < -0.3 is 24.3 Å². The lowest BCUT2D eigenvalue weighted by molar-refractivity contribution is -0.0292. The number of carbonyl (C=O) groups is 2. The molecule has 4 rings (SSSR count). The topological polar surface area (TPSA) is 78.3 Å². The molecule has 2 aliphatic rings. The van der Waals surface area contributed by atoms with Crippen molar-refractivity contribution in [2.24, 2.45) is 0 Å². The summed E-state index contributed by atoms with van der Waals surface area (Å²) in [6, 6.07) is 8.86. The van der Waals surface area contributed by atoms with E-state index in [9.17, 15) is 9.59 Å². The molecular formula is C22H26Cl2N4O4. The maximum absolute atomic E-state index is 12.6. The van der Waals surface area contributed by atoms with Gasteiger partial charge >= 0.3 is 6.03 Å². The first-order chi connectivity index (χ1) is 15.5. The van der Waals surface area contributed by atoms with E-state index in [4.69, 9.17) is 32.4 Å². The van der Waals surface area contributed by atoms with E-state index in [2.05, 4.69) is 10.2 Å². The molecule has 172 valence electrons. The third-order valence-electron chi connectivity index (χ3n) is 5.68. The quantitative estimate of drug-likeness (QED) is 0.711. The van der Waals surface area contributed by atoms with Crippen molar-refractivity contribution in [1.29, 1.82) is 0 Å². The fourth-order valence-electron chi connectivity index (χ4n) is 3.93. The van der Waals surface area contributed by atoms with Gasteiger partial charge in [-0.2, -0.15) is 0 Å². The largest absolute Gasteiger partial charge is 0.459 e. The molecule has 2 aromatic rings. The molecule has 3 heterocycles. The van der Waals surface area contributed by atoms with Crippen LogP contribution < -0.4 is 5.32 Å². The number of amides is 3. The number of ether oxygens (including phenoxy) is 1. The van der Waals surface area contributed by atoms with Crippen molar-refractivity contribution in [2.75, 3.05) is 52.4 Å². The van der Waals surface area contributed by atoms with Crippen LogP contribution >= 0.6 is 23.2 Å². The third-order valence-corrected chi connectivity index (χ3v) is 6.42. The van der Waals surface area contributed by atoms with Crippen molar-refractivity contribution in [3.8, 4) is 0 Å². The number of morpholine rings is 1. The highest BCUT2D eigenvalue weighted by atomic mass is 35.5. The molecule has 1 aromatic carbocycles. The normalized spacial score (nSPS) is 19.8. The fourth-order valence-corrected chi connectivity index (χ4v) is 4.25. The van der Waals surface area contributed by atoms with Crippen molar-refractivity contribution in [3.05, 3.63) is 58.0 Å². The second-order valence-corrected chi connectivity index (χ2v) is 8.73. The predicted octanol–water partition coefficient (Wildman–Crippen LogP) is 2.95. The summed E-state index contributed by atoms with van der Waals surface area (Å²) >= 11 is 12.1. The van der Waals surface area contributed by atoms with Gasteiger partial charge in [-0.1, -0.05) is 29.3 Å². The van der Waals surface area contributed by atoms with Crippen molar-refractivity contribution >= 4 is 35.1 Å². The van der Waals surface area contributed by atoms with Crippen LogP contribution in [0.15, 0.2) is 41.0 Å². The van der Waals surface area contributed by atoms with Gasteiger partial charge in [0.25, 0.3) is 5.91 Å². The average molecular weight is 481 g/mol. The molecule has 0 spiro atoms. The van der Waals surface area contributed by atoms with Gasteiger partial charge in [-0.05, 0) is 29.8 Å². The van der Waals surface area contributed by atoms with Crippen molar-refractivity contribution in [3.63, 3.8) is 0 Å². The number of hydrogen-bond donors (Lipinski definition) is 1. The van der Waals surface area contributed by atoms with E-state index >= 15 is 0 Å². The molecule has 2 saturated heterocycles. The first-order valence-corrected chi connectivity index (χ1v) is 11.4. The minimum absolute atomic E-state index is 0.0858. The van der Waals surface area contributed by atoms with Gasteiger partial charge in [0.2, 0.25) is 0 Å². The van der Waals surface area contributed by atoms with E-state index in [1.807, 2.05) is 12.1 Å². The lowest BCUT2D eigenvalue weighted by atomic mass is 10.2. The number of halogens is 2. The minimum atomic E-state index is -0.146. The van der Waals surface area contributed by atoms with Gasteiger partial charge in [0.1, 0.15) is 0 Å². The summed E-state index contributed by atoms with van der Waals surface area (Å²) in [5, 5.41) is 4.06. The molecular weight excluding hydrogens is 455 g/mol. The summed E-state index contributed by atoms with van der Waals surface area (Å²) < 4.78 is 11.0. The molecule has 0 saturated carbocycles. The number of furan rings is 1. The Hall–Kier alpha value is -2.26. The molecule has 10 heteroatoms. The first-order valence-electron chi connectivity index (χ1n) is 10.6. The fraction of sp³-hybridized carbons (Fsp3) is 0.455. The van der Waals surface area contributed by atoms with Gasteiger partial charge in [-0.15, -0.1) is 0 Å². The van der Waals surface area contributed by atoms with E-state index in [1.54, 1.807) is 28.0 Å². The van der Waals surface area contributed by atoms with E-state index in [-0.39, 0.29) is 18.0 Å². The van der Waals surface area contributed by atoms with Crippen LogP contribution in [0.3, 0.4) is 0 Å².